The number of benzene rings is 1. The number of aryl methyl sites for hydroxylation is 1. The molecule has 4 rings (SSSR count). The van der Waals surface area contributed by atoms with Crippen LogP contribution in [0.25, 0.3) is 10.9 Å². The second-order valence-electron chi connectivity index (χ2n) is 9.98. The van der Waals surface area contributed by atoms with Crippen LogP contribution in [-0.2, 0) is 20.9 Å². The van der Waals surface area contributed by atoms with Crippen LogP contribution < -0.4 is 10.3 Å². The number of halogens is 1. The van der Waals surface area contributed by atoms with Gasteiger partial charge in [-0.2, -0.15) is 0 Å². The minimum atomic E-state index is -0.899. The van der Waals surface area contributed by atoms with Crippen molar-refractivity contribution < 1.29 is 23.5 Å². The van der Waals surface area contributed by atoms with E-state index >= 15 is 4.39 Å². The van der Waals surface area contributed by atoms with Crippen LogP contribution in [0.1, 0.15) is 57.3 Å². The largest absolute Gasteiger partial charge is 0.452 e. The number of likely N-dealkylation sites (tertiary alicyclic amines) is 1. The van der Waals surface area contributed by atoms with Crippen molar-refractivity contribution in [3.63, 3.8) is 0 Å². The molecule has 0 bridgehead atoms. The van der Waals surface area contributed by atoms with Crippen LogP contribution in [0.2, 0.25) is 0 Å². The van der Waals surface area contributed by atoms with Gasteiger partial charge in [0.2, 0.25) is 11.3 Å². The Morgan fingerprint density at radius 2 is 1.70 bits per heavy atom. The number of carbonyl (C=O) groups excluding carboxylic acids is 3. The highest BCUT2D eigenvalue weighted by molar-refractivity contribution is 5.95. The SMILES string of the molecule is CCn1cc(C(=O)OCC(=O)N2[C@@H](C)CCC[C@@H]2C)c(=O)c2cc(F)c(N3CCN(C(C)=O)CC3)cc21. The fraction of sp³-hybridized carbons (Fsp3) is 0.556. The summed E-state index contributed by atoms with van der Waals surface area (Å²) in [7, 11) is 0. The van der Waals surface area contributed by atoms with Gasteiger partial charge in [0.1, 0.15) is 11.4 Å². The number of aromatic nitrogens is 1. The number of nitrogens with zero attached hydrogens (tertiary/aromatic N) is 4. The molecule has 200 valence electrons. The maximum Gasteiger partial charge on any atom is 0.344 e. The van der Waals surface area contributed by atoms with E-state index in [1.807, 2.05) is 25.7 Å². The fourth-order valence-electron chi connectivity index (χ4n) is 5.50. The lowest BCUT2D eigenvalue weighted by Gasteiger charge is -2.38. The van der Waals surface area contributed by atoms with E-state index < -0.39 is 23.8 Å². The molecule has 0 radical (unpaired) electrons. The normalized spacial score (nSPS) is 20.3. The molecule has 2 fully saturated rings. The number of hydrogen-bond acceptors (Lipinski definition) is 6. The zero-order chi connectivity index (χ0) is 26.9. The molecule has 0 aliphatic carbocycles. The van der Waals surface area contributed by atoms with Gasteiger partial charge in [-0.3, -0.25) is 14.4 Å². The van der Waals surface area contributed by atoms with Crippen LogP contribution in [0.3, 0.4) is 0 Å². The maximum atomic E-state index is 15.2. The summed E-state index contributed by atoms with van der Waals surface area (Å²) in [5, 5.41) is 0.0736. The second kappa shape index (κ2) is 10.9. The van der Waals surface area contributed by atoms with Crippen LogP contribution in [0.5, 0.6) is 0 Å². The van der Waals surface area contributed by atoms with E-state index in [0.29, 0.717) is 43.9 Å². The minimum Gasteiger partial charge on any atom is -0.452 e. The molecule has 0 unspecified atom stereocenters. The Morgan fingerprint density at radius 3 is 2.30 bits per heavy atom. The zero-order valence-corrected chi connectivity index (χ0v) is 22.0. The molecule has 1 aromatic carbocycles. The topological polar surface area (TPSA) is 92.2 Å². The molecular formula is C27H35FN4O5. The van der Waals surface area contributed by atoms with Gasteiger partial charge in [-0.15, -0.1) is 0 Å². The van der Waals surface area contributed by atoms with E-state index in [9.17, 15) is 19.2 Å². The third-order valence-electron chi connectivity index (χ3n) is 7.58. The summed E-state index contributed by atoms with van der Waals surface area (Å²) in [6.07, 6.45) is 4.26. The van der Waals surface area contributed by atoms with E-state index in [-0.39, 0.29) is 34.8 Å². The van der Waals surface area contributed by atoms with Gasteiger partial charge in [0.05, 0.1) is 11.2 Å². The summed E-state index contributed by atoms with van der Waals surface area (Å²) in [4.78, 5) is 55.8. The molecule has 1 aromatic heterocycles. The molecule has 9 nitrogen and oxygen atoms in total. The second-order valence-corrected chi connectivity index (χ2v) is 9.98. The smallest absolute Gasteiger partial charge is 0.344 e. The molecule has 2 atom stereocenters. The Kier molecular flexibility index (Phi) is 7.85. The molecular weight excluding hydrogens is 479 g/mol. The summed E-state index contributed by atoms with van der Waals surface area (Å²) in [6, 6.07) is 2.91. The minimum absolute atomic E-state index is 0.0143. The fourth-order valence-corrected chi connectivity index (χ4v) is 5.50. The lowest BCUT2D eigenvalue weighted by molar-refractivity contribution is -0.140. The number of carbonyl (C=O) groups is 3. The number of pyridine rings is 1. The molecule has 2 aromatic rings. The number of rotatable bonds is 5. The first-order valence-electron chi connectivity index (χ1n) is 13.0. The number of esters is 1. The summed E-state index contributed by atoms with van der Waals surface area (Å²) in [5.41, 5.74) is -0.0164. The average Bonchev–Trinajstić information content (AvgIpc) is 2.87. The van der Waals surface area contributed by atoms with Crippen LogP contribution in [0.4, 0.5) is 10.1 Å². The van der Waals surface area contributed by atoms with Gasteiger partial charge in [0.25, 0.3) is 5.91 Å². The van der Waals surface area contributed by atoms with E-state index in [2.05, 4.69) is 0 Å². The Labute approximate surface area is 215 Å². The van der Waals surface area contributed by atoms with Crippen LogP contribution >= 0.6 is 0 Å². The van der Waals surface area contributed by atoms with Gasteiger partial charge in [0, 0.05) is 63.3 Å². The lowest BCUT2D eigenvalue weighted by atomic mass is 9.97. The van der Waals surface area contributed by atoms with Gasteiger partial charge >= 0.3 is 5.97 Å². The van der Waals surface area contributed by atoms with Crippen molar-refractivity contribution in [2.75, 3.05) is 37.7 Å². The molecule has 2 amide bonds. The first kappa shape index (κ1) is 26.6. The summed E-state index contributed by atoms with van der Waals surface area (Å²) in [6.45, 7) is 9.25. The number of piperidine rings is 1. The molecule has 0 N–H and O–H groups in total. The van der Waals surface area contributed by atoms with Gasteiger partial charge < -0.3 is 24.0 Å². The van der Waals surface area contributed by atoms with E-state index in [4.69, 9.17) is 4.74 Å². The molecule has 0 spiro atoms. The van der Waals surface area contributed by atoms with Crippen molar-refractivity contribution in [3.05, 3.63) is 39.9 Å². The van der Waals surface area contributed by atoms with Gasteiger partial charge in [-0.1, -0.05) is 0 Å². The molecule has 0 saturated carbocycles. The van der Waals surface area contributed by atoms with E-state index in [1.165, 1.54) is 13.1 Å². The molecule has 10 heteroatoms. The Morgan fingerprint density at radius 1 is 1.05 bits per heavy atom. The van der Waals surface area contributed by atoms with Crippen molar-refractivity contribution >= 4 is 34.4 Å². The van der Waals surface area contributed by atoms with Gasteiger partial charge in [-0.05, 0) is 52.2 Å². The van der Waals surface area contributed by atoms with E-state index in [1.54, 1.807) is 20.4 Å². The highest BCUT2D eigenvalue weighted by Gasteiger charge is 2.30. The van der Waals surface area contributed by atoms with Crippen molar-refractivity contribution in [2.45, 2.75) is 65.6 Å². The average molecular weight is 515 g/mol. The first-order chi connectivity index (χ1) is 17.6. The number of piperazine rings is 1. The Balaban J connectivity index is 1.57. The van der Waals surface area contributed by atoms with Gasteiger partial charge in [0.15, 0.2) is 6.61 Å². The number of hydrogen-bond donors (Lipinski definition) is 0. The number of anilines is 1. The van der Waals surface area contributed by atoms with Crippen molar-refractivity contribution in [1.82, 2.24) is 14.4 Å². The van der Waals surface area contributed by atoms with Crippen molar-refractivity contribution in [2.24, 2.45) is 0 Å². The zero-order valence-electron chi connectivity index (χ0n) is 22.0. The summed E-state index contributed by atoms with van der Waals surface area (Å²) in [5.74, 6) is -1.77. The van der Waals surface area contributed by atoms with Crippen LogP contribution in [0.15, 0.2) is 23.1 Å². The van der Waals surface area contributed by atoms with E-state index in [0.717, 1.165) is 25.3 Å². The van der Waals surface area contributed by atoms with Crippen molar-refractivity contribution in [1.29, 1.82) is 0 Å². The third-order valence-corrected chi connectivity index (χ3v) is 7.58. The van der Waals surface area contributed by atoms with Crippen LogP contribution in [0, 0.1) is 5.82 Å². The molecule has 2 aliphatic rings. The van der Waals surface area contributed by atoms with Gasteiger partial charge in [-0.25, -0.2) is 9.18 Å². The highest BCUT2D eigenvalue weighted by Crippen LogP contribution is 2.27. The number of amides is 2. The number of fused-ring (bicyclic) bond motifs is 1. The standard InChI is InChI=1S/C27H35FN4O5/c1-5-29-15-21(27(36)37-16-25(34)32-17(2)7-6-8-18(32)3)26(35)20-13-22(28)24(14-23(20)29)31-11-9-30(10-12-31)19(4)33/h13-15,17-18H,5-12,16H2,1-4H3/t17-,18-/m0/s1. The molecule has 37 heavy (non-hydrogen) atoms. The van der Waals surface area contributed by atoms with Crippen LogP contribution in [-0.4, -0.2) is 77.0 Å². The van der Waals surface area contributed by atoms with Crippen molar-refractivity contribution in [3.8, 4) is 0 Å². The number of ether oxygens (including phenoxy) is 1. The third kappa shape index (κ3) is 5.33. The summed E-state index contributed by atoms with van der Waals surface area (Å²) < 4.78 is 22.2. The molecule has 2 aliphatic heterocycles. The molecule has 3 heterocycles. The predicted molar refractivity (Wildman–Crippen MR) is 138 cm³/mol. The molecule has 2 saturated heterocycles. The summed E-state index contributed by atoms with van der Waals surface area (Å²) >= 11 is 0. The monoisotopic (exact) mass is 514 g/mol. The maximum absolute atomic E-state index is 15.2. The quantitative estimate of drug-likeness (QED) is 0.570. The lowest BCUT2D eigenvalue weighted by Crippen LogP contribution is -2.49. The Hall–Kier alpha value is -3.43. The first-order valence-corrected chi connectivity index (χ1v) is 13.0. The highest BCUT2D eigenvalue weighted by atomic mass is 19.1. The Bertz CT molecular complexity index is 1260. The predicted octanol–water partition coefficient (Wildman–Crippen LogP) is 2.78.